The zero-order valence-corrected chi connectivity index (χ0v) is 18.9. The third-order valence-electron chi connectivity index (χ3n) is 4.27. The van der Waals surface area contributed by atoms with Crippen molar-refractivity contribution < 1.29 is 33.0 Å². The van der Waals surface area contributed by atoms with Crippen molar-refractivity contribution in [3.05, 3.63) is 53.6 Å². The van der Waals surface area contributed by atoms with Gasteiger partial charge in [0.25, 0.3) is 5.22 Å². The summed E-state index contributed by atoms with van der Waals surface area (Å²) in [5, 5.41) is 10.7. The Bertz CT molecular complexity index is 1150. The van der Waals surface area contributed by atoms with Crippen molar-refractivity contribution in [2.45, 2.75) is 12.1 Å². The molecular formula is C22H21N3O7S. The maximum atomic E-state index is 12.5. The lowest BCUT2D eigenvalue weighted by molar-refractivity contribution is -0.113. The average molecular weight is 471 g/mol. The maximum Gasteiger partial charge on any atom is 0.339 e. The van der Waals surface area contributed by atoms with Crippen LogP contribution in [0, 0.1) is 0 Å². The van der Waals surface area contributed by atoms with Crippen LogP contribution in [0.1, 0.15) is 27.6 Å². The maximum absolute atomic E-state index is 12.5. The minimum absolute atomic E-state index is 0.0754. The monoisotopic (exact) mass is 471 g/mol. The van der Waals surface area contributed by atoms with E-state index < -0.39 is 17.8 Å². The van der Waals surface area contributed by atoms with Crippen LogP contribution in [0.3, 0.4) is 0 Å². The summed E-state index contributed by atoms with van der Waals surface area (Å²) >= 11 is 1.02. The van der Waals surface area contributed by atoms with Gasteiger partial charge in [0.1, 0.15) is 5.75 Å². The van der Waals surface area contributed by atoms with Gasteiger partial charge in [-0.25, -0.2) is 9.59 Å². The van der Waals surface area contributed by atoms with E-state index >= 15 is 0 Å². The number of hydrogen-bond donors (Lipinski definition) is 1. The van der Waals surface area contributed by atoms with Gasteiger partial charge < -0.3 is 23.9 Å². The second-order valence-corrected chi connectivity index (χ2v) is 7.34. The molecule has 0 saturated heterocycles. The number of esters is 2. The van der Waals surface area contributed by atoms with E-state index in [4.69, 9.17) is 13.9 Å². The number of amides is 1. The molecule has 0 spiro atoms. The Kier molecular flexibility index (Phi) is 8.03. The molecule has 1 heterocycles. The molecule has 0 bridgehead atoms. The summed E-state index contributed by atoms with van der Waals surface area (Å²) in [4.78, 5) is 36.3. The van der Waals surface area contributed by atoms with Gasteiger partial charge >= 0.3 is 11.9 Å². The van der Waals surface area contributed by atoms with Gasteiger partial charge in [0.2, 0.25) is 11.8 Å². The van der Waals surface area contributed by atoms with E-state index in [1.54, 1.807) is 24.3 Å². The molecule has 0 atom stereocenters. The quantitative estimate of drug-likeness (QED) is 0.366. The molecule has 0 aliphatic rings. The third kappa shape index (κ3) is 6.10. The van der Waals surface area contributed by atoms with E-state index in [9.17, 15) is 14.4 Å². The first-order valence-corrected chi connectivity index (χ1v) is 10.7. The number of methoxy groups -OCH3 is 2. The summed E-state index contributed by atoms with van der Waals surface area (Å²) in [6.45, 7) is 2.47. The number of hydrogen-bond acceptors (Lipinski definition) is 10. The van der Waals surface area contributed by atoms with Crippen LogP contribution in [0.15, 0.2) is 52.1 Å². The minimum atomic E-state index is -0.661. The fourth-order valence-corrected chi connectivity index (χ4v) is 3.30. The van der Waals surface area contributed by atoms with Crippen LogP contribution in [0.25, 0.3) is 11.5 Å². The summed E-state index contributed by atoms with van der Waals surface area (Å²) in [6, 6.07) is 11.3. The van der Waals surface area contributed by atoms with E-state index in [2.05, 4.69) is 20.3 Å². The van der Waals surface area contributed by atoms with Gasteiger partial charge in [0.05, 0.1) is 43.4 Å². The summed E-state index contributed by atoms with van der Waals surface area (Å²) in [5.74, 6) is -0.758. The van der Waals surface area contributed by atoms with Crippen LogP contribution >= 0.6 is 11.8 Å². The molecule has 11 heteroatoms. The minimum Gasteiger partial charge on any atom is -0.494 e. The zero-order chi connectivity index (χ0) is 23.8. The average Bonchev–Trinajstić information content (AvgIpc) is 3.31. The molecule has 1 N–H and O–H groups in total. The largest absolute Gasteiger partial charge is 0.494 e. The number of thioether (sulfide) groups is 1. The number of nitrogens with zero attached hydrogens (tertiary/aromatic N) is 2. The Morgan fingerprint density at radius 2 is 1.73 bits per heavy atom. The SMILES string of the molecule is CCOc1ccc(-c2nnc(SCC(=O)Nc3cc(C(=O)OC)ccc3C(=O)OC)o2)cc1. The van der Waals surface area contributed by atoms with Crippen LogP contribution in [-0.2, 0) is 14.3 Å². The van der Waals surface area contributed by atoms with E-state index in [1.165, 1.54) is 32.4 Å². The molecule has 2 aromatic carbocycles. The van der Waals surface area contributed by atoms with Crippen molar-refractivity contribution in [2.24, 2.45) is 0 Å². The molecule has 0 aliphatic heterocycles. The lowest BCUT2D eigenvalue weighted by atomic mass is 10.1. The van der Waals surface area contributed by atoms with Crippen LogP contribution in [0.4, 0.5) is 5.69 Å². The van der Waals surface area contributed by atoms with Gasteiger partial charge in [-0.2, -0.15) is 0 Å². The Morgan fingerprint density at radius 3 is 2.39 bits per heavy atom. The Labute approximate surface area is 193 Å². The normalized spacial score (nSPS) is 10.4. The summed E-state index contributed by atoms with van der Waals surface area (Å²) in [6.07, 6.45) is 0. The topological polar surface area (TPSA) is 130 Å². The predicted molar refractivity (Wildman–Crippen MR) is 119 cm³/mol. The Hall–Kier alpha value is -3.86. The van der Waals surface area contributed by atoms with Crippen molar-refractivity contribution in [3.63, 3.8) is 0 Å². The van der Waals surface area contributed by atoms with Crippen molar-refractivity contribution in [1.29, 1.82) is 0 Å². The van der Waals surface area contributed by atoms with Gasteiger partial charge in [-0.05, 0) is 49.4 Å². The number of anilines is 1. The number of aromatic nitrogens is 2. The van der Waals surface area contributed by atoms with Gasteiger partial charge in [-0.1, -0.05) is 11.8 Å². The van der Waals surface area contributed by atoms with Crippen molar-refractivity contribution >= 4 is 35.3 Å². The van der Waals surface area contributed by atoms with E-state index in [0.717, 1.165) is 17.5 Å². The first kappa shape index (κ1) is 23.8. The highest BCUT2D eigenvalue weighted by atomic mass is 32.2. The molecule has 0 saturated carbocycles. The van der Waals surface area contributed by atoms with Crippen LogP contribution < -0.4 is 10.1 Å². The highest BCUT2D eigenvalue weighted by Gasteiger charge is 2.18. The summed E-state index contributed by atoms with van der Waals surface area (Å²) in [5.41, 5.74) is 1.10. The second-order valence-electron chi connectivity index (χ2n) is 6.41. The number of carbonyl (C=O) groups excluding carboxylic acids is 3. The van der Waals surface area contributed by atoms with Gasteiger partial charge in [0, 0.05) is 5.56 Å². The van der Waals surface area contributed by atoms with Crippen LogP contribution in [0.5, 0.6) is 5.75 Å². The molecular weight excluding hydrogens is 450 g/mol. The summed E-state index contributed by atoms with van der Waals surface area (Å²) in [7, 11) is 2.45. The molecule has 0 aliphatic carbocycles. The molecule has 0 unspecified atom stereocenters. The standard InChI is InChI=1S/C22H21N3O7S/c1-4-31-15-8-5-13(6-9-15)19-24-25-22(32-19)33-12-18(26)23-17-11-14(20(27)29-2)7-10-16(17)21(28)30-3/h5-11H,4,12H2,1-3H3,(H,23,26). The number of ether oxygens (including phenoxy) is 3. The summed E-state index contributed by atoms with van der Waals surface area (Å²) < 4.78 is 20.4. The molecule has 0 fully saturated rings. The fraction of sp³-hybridized carbons (Fsp3) is 0.227. The first-order valence-electron chi connectivity index (χ1n) is 9.75. The van der Waals surface area contributed by atoms with Gasteiger partial charge in [0.15, 0.2) is 0 Å². The third-order valence-corrected chi connectivity index (χ3v) is 5.08. The molecule has 172 valence electrons. The number of benzene rings is 2. The Balaban J connectivity index is 1.66. The molecule has 3 aromatic rings. The van der Waals surface area contributed by atoms with Gasteiger partial charge in [-0.15, -0.1) is 10.2 Å². The number of carbonyl (C=O) groups is 3. The van der Waals surface area contributed by atoms with Crippen molar-refractivity contribution in [1.82, 2.24) is 10.2 Å². The smallest absolute Gasteiger partial charge is 0.339 e. The lowest BCUT2D eigenvalue weighted by Crippen LogP contribution is -2.18. The molecule has 33 heavy (non-hydrogen) atoms. The first-order chi connectivity index (χ1) is 15.9. The van der Waals surface area contributed by atoms with Gasteiger partial charge in [-0.3, -0.25) is 4.79 Å². The molecule has 10 nitrogen and oxygen atoms in total. The van der Waals surface area contributed by atoms with E-state index in [-0.39, 0.29) is 27.8 Å². The highest BCUT2D eigenvalue weighted by molar-refractivity contribution is 7.99. The fourth-order valence-electron chi connectivity index (χ4n) is 2.74. The molecule has 1 aromatic heterocycles. The highest BCUT2D eigenvalue weighted by Crippen LogP contribution is 2.26. The van der Waals surface area contributed by atoms with Crippen LogP contribution in [-0.4, -0.2) is 54.6 Å². The van der Waals surface area contributed by atoms with E-state index in [0.29, 0.717) is 18.1 Å². The van der Waals surface area contributed by atoms with Crippen LogP contribution in [0.2, 0.25) is 0 Å². The zero-order valence-electron chi connectivity index (χ0n) is 18.1. The second kappa shape index (κ2) is 11.1. The van der Waals surface area contributed by atoms with Crippen molar-refractivity contribution in [2.75, 3.05) is 31.9 Å². The number of rotatable bonds is 9. The number of nitrogens with one attached hydrogen (secondary N) is 1. The molecule has 1 amide bonds. The molecule has 0 radical (unpaired) electrons. The Morgan fingerprint density at radius 1 is 1.00 bits per heavy atom. The van der Waals surface area contributed by atoms with E-state index in [1.807, 2.05) is 6.92 Å². The molecule has 3 rings (SSSR count). The van der Waals surface area contributed by atoms with Crippen molar-refractivity contribution in [3.8, 4) is 17.2 Å². The lowest BCUT2D eigenvalue weighted by Gasteiger charge is -2.11. The predicted octanol–water partition coefficient (Wildman–Crippen LogP) is 3.44.